The highest BCUT2D eigenvalue weighted by atomic mass is 19.1. The van der Waals surface area contributed by atoms with E-state index in [4.69, 9.17) is 14.0 Å². The van der Waals surface area contributed by atoms with Gasteiger partial charge in [0.2, 0.25) is 5.88 Å². The summed E-state index contributed by atoms with van der Waals surface area (Å²) < 4.78 is 29.1. The first-order chi connectivity index (χ1) is 12.6. The standard InChI is InChI=1S/C18H16FN3O4/c1-3-24-18(23)15-7-8-16(21-20-15)25-10-14-11(2)26-22-17(14)12-5-4-6-13(19)9-12/h4-9H,3,10H2,1-2H3. The molecule has 0 spiro atoms. The molecule has 0 aliphatic heterocycles. The van der Waals surface area contributed by atoms with Crippen molar-refractivity contribution < 1.29 is 23.2 Å². The van der Waals surface area contributed by atoms with Crippen LogP contribution in [0.1, 0.15) is 28.7 Å². The lowest BCUT2D eigenvalue weighted by atomic mass is 10.1. The van der Waals surface area contributed by atoms with Gasteiger partial charge in [-0.1, -0.05) is 17.3 Å². The number of nitrogens with zero attached hydrogens (tertiary/aromatic N) is 3. The number of aromatic nitrogens is 3. The van der Waals surface area contributed by atoms with E-state index < -0.39 is 5.97 Å². The maximum atomic E-state index is 13.5. The third kappa shape index (κ3) is 3.85. The van der Waals surface area contributed by atoms with E-state index in [-0.39, 0.29) is 30.6 Å². The highest BCUT2D eigenvalue weighted by Crippen LogP contribution is 2.26. The van der Waals surface area contributed by atoms with Crippen LogP contribution < -0.4 is 4.74 Å². The normalized spacial score (nSPS) is 10.6. The average Bonchev–Trinajstić information content (AvgIpc) is 3.01. The van der Waals surface area contributed by atoms with Gasteiger partial charge >= 0.3 is 5.97 Å². The summed E-state index contributed by atoms with van der Waals surface area (Å²) in [6.45, 7) is 3.81. The fourth-order valence-corrected chi connectivity index (χ4v) is 2.28. The third-order valence-corrected chi connectivity index (χ3v) is 3.57. The molecule has 0 saturated carbocycles. The second kappa shape index (κ2) is 7.73. The van der Waals surface area contributed by atoms with Crippen LogP contribution in [0.15, 0.2) is 40.9 Å². The van der Waals surface area contributed by atoms with Crippen LogP contribution in [0.5, 0.6) is 5.88 Å². The number of carbonyl (C=O) groups excluding carboxylic acids is 1. The maximum Gasteiger partial charge on any atom is 0.358 e. The monoisotopic (exact) mass is 357 g/mol. The summed E-state index contributed by atoms with van der Waals surface area (Å²) in [5.41, 5.74) is 1.86. The average molecular weight is 357 g/mol. The zero-order chi connectivity index (χ0) is 18.5. The van der Waals surface area contributed by atoms with Crippen molar-refractivity contribution in [3.05, 3.63) is 59.2 Å². The van der Waals surface area contributed by atoms with E-state index in [0.29, 0.717) is 22.6 Å². The summed E-state index contributed by atoms with van der Waals surface area (Å²) in [7, 11) is 0. The summed E-state index contributed by atoms with van der Waals surface area (Å²) in [5.74, 6) is -0.130. The quantitative estimate of drug-likeness (QED) is 0.625. The number of halogens is 1. The molecule has 2 aromatic heterocycles. The van der Waals surface area contributed by atoms with Gasteiger partial charge in [0.1, 0.15) is 23.9 Å². The van der Waals surface area contributed by atoms with Crippen LogP contribution in [0, 0.1) is 12.7 Å². The SMILES string of the molecule is CCOC(=O)c1ccc(OCc2c(-c3cccc(F)c3)noc2C)nn1. The van der Waals surface area contributed by atoms with Gasteiger partial charge < -0.3 is 14.0 Å². The zero-order valence-electron chi connectivity index (χ0n) is 14.2. The van der Waals surface area contributed by atoms with Gasteiger partial charge in [-0.2, -0.15) is 0 Å². The molecule has 0 aliphatic rings. The van der Waals surface area contributed by atoms with Crippen LogP contribution in [-0.4, -0.2) is 27.9 Å². The molecule has 8 heteroatoms. The fraction of sp³-hybridized carbons (Fsp3) is 0.222. The van der Waals surface area contributed by atoms with E-state index in [0.717, 1.165) is 0 Å². The molecular formula is C18H16FN3O4. The summed E-state index contributed by atoms with van der Waals surface area (Å²) in [6, 6.07) is 9.04. The first-order valence-electron chi connectivity index (χ1n) is 7.93. The molecule has 2 heterocycles. The predicted molar refractivity (Wildman–Crippen MR) is 89.0 cm³/mol. The molecule has 0 N–H and O–H groups in total. The number of hydrogen-bond donors (Lipinski definition) is 0. The van der Waals surface area contributed by atoms with Crippen molar-refractivity contribution >= 4 is 5.97 Å². The smallest absolute Gasteiger partial charge is 0.358 e. The lowest BCUT2D eigenvalue weighted by molar-refractivity contribution is 0.0517. The number of rotatable bonds is 6. The highest BCUT2D eigenvalue weighted by Gasteiger charge is 2.16. The first kappa shape index (κ1) is 17.5. The molecule has 1 aromatic carbocycles. The van der Waals surface area contributed by atoms with Crippen LogP contribution in [0.4, 0.5) is 4.39 Å². The van der Waals surface area contributed by atoms with Crippen LogP contribution in [0.25, 0.3) is 11.3 Å². The van der Waals surface area contributed by atoms with Gasteiger partial charge in [-0.15, -0.1) is 10.2 Å². The Balaban J connectivity index is 1.74. The predicted octanol–water partition coefficient (Wildman–Crippen LogP) is 3.33. The maximum absolute atomic E-state index is 13.5. The molecule has 0 bridgehead atoms. The number of esters is 1. The minimum atomic E-state index is -0.546. The number of benzene rings is 1. The molecule has 3 rings (SSSR count). The molecule has 0 unspecified atom stereocenters. The van der Waals surface area contributed by atoms with Gasteiger partial charge in [-0.25, -0.2) is 9.18 Å². The lowest BCUT2D eigenvalue weighted by Gasteiger charge is -2.06. The van der Waals surface area contributed by atoms with Crippen molar-refractivity contribution in [1.29, 1.82) is 0 Å². The summed E-state index contributed by atoms with van der Waals surface area (Å²) >= 11 is 0. The van der Waals surface area contributed by atoms with Gasteiger partial charge in [0, 0.05) is 11.6 Å². The molecule has 134 valence electrons. The second-order valence-electron chi connectivity index (χ2n) is 5.34. The van der Waals surface area contributed by atoms with Crippen LogP contribution in [0.3, 0.4) is 0 Å². The third-order valence-electron chi connectivity index (χ3n) is 3.57. The van der Waals surface area contributed by atoms with E-state index in [2.05, 4.69) is 15.4 Å². The van der Waals surface area contributed by atoms with Crippen LogP contribution in [0.2, 0.25) is 0 Å². The summed E-state index contributed by atoms with van der Waals surface area (Å²) in [5, 5.41) is 11.6. The first-order valence-corrected chi connectivity index (χ1v) is 7.93. The Bertz CT molecular complexity index is 909. The summed E-state index contributed by atoms with van der Waals surface area (Å²) in [6.07, 6.45) is 0. The largest absolute Gasteiger partial charge is 0.472 e. The van der Waals surface area contributed by atoms with E-state index in [1.165, 1.54) is 24.3 Å². The van der Waals surface area contributed by atoms with E-state index in [1.807, 2.05) is 0 Å². The Morgan fingerprint density at radius 3 is 2.77 bits per heavy atom. The number of carbonyl (C=O) groups is 1. The van der Waals surface area contributed by atoms with Gasteiger partial charge in [0.25, 0.3) is 0 Å². The minimum Gasteiger partial charge on any atom is -0.472 e. The minimum absolute atomic E-state index is 0.0980. The highest BCUT2D eigenvalue weighted by molar-refractivity contribution is 5.86. The zero-order valence-corrected chi connectivity index (χ0v) is 14.2. The topological polar surface area (TPSA) is 87.3 Å². The number of hydrogen-bond acceptors (Lipinski definition) is 7. The van der Waals surface area contributed by atoms with Crippen molar-refractivity contribution in [3.63, 3.8) is 0 Å². The van der Waals surface area contributed by atoms with Gasteiger partial charge in [0.15, 0.2) is 5.69 Å². The van der Waals surface area contributed by atoms with Crippen LogP contribution >= 0.6 is 0 Å². The molecule has 26 heavy (non-hydrogen) atoms. The molecule has 3 aromatic rings. The second-order valence-corrected chi connectivity index (χ2v) is 5.34. The molecule has 0 atom stereocenters. The Hall–Kier alpha value is -3.29. The number of aryl methyl sites for hydroxylation is 1. The van der Waals surface area contributed by atoms with Crippen molar-refractivity contribution in [2.75, 3.05) is 6.61 Å². The Labute approximate surface area is 148 Å². The molecule has 7 nitrogen and oxygen atoms in total. The lowest BCUT2D eigenvalue weighted by Crippen LogP contribution is -2.08. The Kier molecular flexibility index (Phi) is 5.21. The molecular weight excluding hydrogens is 341 g/mol. The van der Waals surface area contributed by atoms with Crippen LogP contribution in [-0.2, 0) is 11.3 Å². The molecule has 0 radical (unpaired) electrons. The van der Waals surface area contributed by atoms with Gasteiger partial charge in [0.05, 0.1) is 12.2 Å². The van der Waals surface area contributed by atoms with Crippen molar-refractivity contribution in [3.8, 4) is 17.1 Å². The van der Waals surface area contributed by atoms with Crippen molar-refractivity contribution in [2.24, 2.45) is 0 Å². The van der Waals surface area contributed by atoms with Crippen molar-refractivity contribution in [2.45, 2.75) is 20.5 Å². The Morgan fingerprint density at radius 2 is 2.08 bits per heavy atom. The van der Waals surface area contributed by atoms with E-state index in [9.17, 15) is 9.18 Å². The van der Waals surface area contributed by atoms with Crippen molar-refractivity contribution in [1.82, 2.24) is 15.4 Å². The fourth-order valence-electron chi connectivity index (χ4n) is 2.28. The molecule has 0 saturated heterocycles. The summed E-state index contributed by atoms with van der Waals surface area (Å²) in [4.78, 5) is 11.6. The molecule has 0 aliphatic carbocycles. The van der Waals surface area contributed by atoms with Gasteiger partial charge in [-0.05, 0) is 32.0 Å². The van der Waals surface area contributed by atoms with Gasteiger partial charge in [-0.3, -0.25) is 0 Å². The van der Waals surface area contributed by atoms with E-state index in [1.54, 1.807) is 26.0 Å². The number of ether oxygens (including phenoxy) is 2. The molecule has 0 amide bonds. The molecule has 0 fully saturated rings. The van der Waals surface area contributed by atoms with E-state index >= 15 is 0 Å². The Morgan fingerprint density at radius 1 is 1.23 bits per heavy atom.